The van der Waals surface area contributed by atoms with Crippen molar-refractivity contribution in [3.8, 4) is 0 Å². The summed E-state index contributed by atoms with van der Waals surface area (Å²) in [6, 6.07) is 0.883. The third-order valence-corrected chi connectivity index (χ3v) is 3.49. The number of ether oxygens (including phenoxy) is 1. The molecule has 15 heavy (non-hydrogen) atoms. The van der Waals surface area contributed by atoms with Gasteiger partial charge in [0.25, 0.3) is 0 Å². The largest absolute Gasteiger partial charge is 0.383 e. The monoisotopic (exact) mass is 211 g/mol. The SMILES string of the molecule is COCCN(C1CC1)C1CCCCC1=O. The van der Waals surface area contributed by atoms with Crippen molar-refractivity contribution >= 4 is 5.78 Å². The Morgan fingerprint density at radius 2 is 2.13 bits per heavy atom. The highest BCUT2D eigenvalue weighted by molar-refractivity contribution is 5.84. The third kappa shape index (κ3) is 2.79. The first-order valence-corrected chi connectivity index (χ1v) is 6.10. The van der Waals surface area contributed by atoms with Gasteiger partial charge in [-0.25, -0.2) is 0 Å². The molecule has 0 bridgehead atoms. The fourth-order valence-electron chi connectivity index (χ4n) is 2.51. The van der Waals surface area contributed by atoms with Crippen LogP contribution < -0.4 is 0 Å². The van der Waals surface area contributed by atoms with Crippen molar-refractivity contribution in [1.82, 2.24) is 4.90 Å². The summed E-state index contributed by atoms with van der Waals surface area (Å²) in [5.74, 6) is 0.462. The van der Waals surface area contributed by atoms with Crippen LogP contribution >= 0.6 is 0 Å². The number of Topliss-reactive ketones (excluding diaryl/α,β-unsaturated/α-hetero) is 1. The fourth-order valence-corrected chi connectivity index (χ4v) is 2.51. The van der Waals surface area contributed by atoms with Gasteiger partial charge in [-0.05, 0) is 25.7 Å². The highest BCUT2D eigenvalue weighted by Crippen LogP contribution is 2.32. The predicted octanol–water partition coefficient (Wildman–Crippen LogP) is 1.61. The van der Waals surface area contributed by atoms with E-state index in [0.717, 1.165) is 32.4 Å². The van der Waals surface area contributed by atoms with Crippen LogP contribution in [0.3, 0.4) is 0 Å². The quantitative estimate of drug-likeness (QED) is 0.692. The van der Waals surface area contributed by atoms with E-state index in [9.17, 15) is 4.79 Å². The molecule has 3 heteroatoms. The summed E-state index contributed by atoms with van der Waals surface area (Å²) in [7, 11) is 1.73. The molecule has 0 spiro atoms. The molecule has 0 amide bonds. The van der Waals surface area contributed by atoms with Gasteiger partial charge in [0.05, 0.1) is 12.6 Å². The molecule has 2 fully saturated rings. The molecule has 0 saturated heterocycles. The summed E-state index contributed by atoms with van der Waals surface area (Å²) in [5, 5.41) is 0. The van der Waals surface area contributed by atoms with Crippen LogP contribution in [0, 0.1) is 0 Å². The normalized spacial score (nSPS) is 27.3. The molecule has 0 heterocycles. The Balaban J connectivity index is 1.92. The van der Waals surface area contributed by atoms with E-state index in [2.05, 4.69) is 4.90 Å². The first-order valence-electron chi connectivity index (χ1n) is 6.10. The molecule has 86 valence electrons. The van der Waals surface area contributed by atoms with Crippen molar-refractivity contribution in [2.45, 2.75) is 50.6 Å². The number of carbonyl (C=O) groups excluding carboxylic acids is 1. The summed E-state index contributed by atoms with van der Waals surface area (Å²) in [5.41, 5.74) is 0. The average molecular weight is 211 g/mol. The molecule has 0 aliphatic heterocycles. The summed E-state index contributed by atoms with van der Waals surface area (Å²) in [6.45, 7) is 1.68. The molecule has 1 unspecified atom stereocenters. The van der Waals surface area contributed by atoms with E-state index < -0.39 is 0 Å². The summed E-state index contributed by atoms with van der Waals surface area (Å²) in [4.78, 5) is 14.2. The van der Waals surface area contributed by atoms with Crippen molar-refractivity contribution in [3.63, 3.8) is 0 Å². The lowest BCUT2D eigenvalue weighted by Crippen LogP contribution is -2.45. The van der Waals surface area contributed by atoms with Gasteiger partial charge in [-0.3, -0.25) is 9.69 Å². The topological polar surface area (TPSA) is 29.5 Å². The Hall–Kier alpha value is -0.410. The lowest BCUT2D eigenvalue weighted by Gasteiger charge is -2.33. The smallest absolute Gasteiger partial charge is 0.149 e. The van der Waals surface area contributed by atoms with Gasteiger partial charge in [0.2, 0.25) is 0 Å². The van der Waals surface area contributed by atoms with Crippen molar-refractivity contribution in [2.24, 2.45) is 0 Å². The highest BCUT2D eigenvalue weighted by Gasteiger charge is 2.37. The molecule has 0 radical (unpaired) electrons. The van der Waals surface area contributed by atoms with Crippen LogP contribution in [-0.4, -0.2) is 43.0 Å². The molecule has 1 atom stereocenters. The number of rotatable bonds is 5. The van der Waals surface area contributed by atoms with E-state index in [0.29, 0.717) is 11.8 Å². The second-order valence-electron chi connectivity index (χ2n) is 4.69. The standard InChI is InChI=1S/C12H21NO2/c1-15-9-8-13(10-6-7-10)11-4-2-3-5-12(11)14/h10-11H,2-9H2,1H3. The molecule has 2 aliphatic carbocycles. The zero-order chi connectivity index (χ0) is 10.7. The maximum atomic E-state index is 11.8. The number of methoxy groups -OCH3 is 1. The van der Waals surface area contributed by atoms with Crippen LogP contribution in [0.4, 0.5) is 0 Å². The molecule has 0 aromatic carbocycles. The first kappa shape index (κ1) is 11.1. The van der Waals surface area contributed by atoms with Gasteiger partial charge in [0.15, 0.2) is 0 Å². The van der Waals surface area contributed by atoms with Crippen LogP contribution in [0.25, 0.3) is 0 Å². The van der Waals surface area contributed by atoms with Crippen LogP contribution in [0.15, 0.2) is 0 Å². The molecular formula is C12H21NO2. The Bertz CT molecular complexity index is 226. The molecule has 0 aromatic rings. The lowest BCUT2D eigenvalue weighted by atomic mass is 9.92. The number of carbonyl (C=O) groups is 1. The van der Waals surface area contributed by atoms with Gasteiger partial charge in [0, 0.05) is 26.1 Å². The minimum atomic E-state index is 0.210. The Kier molecular flexibility index (Phi) is 3.76. The summed E-state index contributed by atoms with van der Waals surface area (Å²) in [6.07, 6.45) is 6.71. The zero-order valence-corrected chi connectivity index (χ0v) is 9.58. The number of nitrogens with zero attached hydrogens (tertiary/aromatic N) is 1. The molecule has 2 saturated carbocycles. The van der Waals surface area contributed by atoms with E-state index >= 15 is 0 Å². The van der Waals surface area contributed by atoms with Gasteiger partial charge >= 0.3 is 0 Å². The Morgan fingerprint density at radius 1 is 1.33 bits per heavy atom. The number of hydrogen-bond donors (Lipinski definition) is 0. The molecule has 0 N–H and O–H groups in total. The maximum absolute atomic E-state index is 11.8. The van der Waals surface area contributed by atoms with E-state index in [1.165, 1.54) is 19.3 Å². The van der Waals surface area contributed by atoms with Gasteiger partial charge in [-0.1, -0.05) is 6.42 Å². The van der Waals surface area contributed by atoms with Gasteiger partial charge in [0.1, 0.15) is 5.78 Å². The van der Waals surface area contributed by atoms with Crippen molar-refractivity contribution in [3.05, 3.63) is 0 Å². The minimum Gasteiger partial charge on any atom is -0.383 e. The fraction of sp³-hybridized carbons (Fsp3) is 0.917. The predicted molar refractivity (Wildman–Crippen MR) is 58.9 cm³/mol. The van der Waals surface area contributed by atoms with E-state index in [1.807, 2.05) is 0 Å². The van der Waals surface area contributed by atoms with Crippen LogP contribution in [0.1, 0.15) is 38.5 Å². The summed E-state index contributed by atoms with van der Waals surface area (Å²) < 4.78 is 5.12. The van der Waals surface area contributed by atoms with Crippen molar-refractivity contribution < 1.29 is 9.53 Å². The molecular weight excluding hydrogens is 190 g/mol. The Labute approximate surface area is 91.8 Å². The van der Waals surface area contributed by atoms with Crippen molar-refractivity contribution in [2.75, 3.05) is 20.3 Å². The van der Waals surface area contributed by atoms with E-state index in [-0.39, 0.29) is 6.04 Å². The van der Waals surface area contributed by atoms with E-state index in [1.54, 1.807) is 7.11 Å². The Morgan fingerprint density at radius 3 is 2.73 bits per heavy atom. The highest BCUT2D eigenvalue weighted by atomic mass is 16.5. The van der Waals surface area contributed by atoms with Crippen molar-refractivity contribution in [1.29, 1.82) is 0 Å². The van der Waals surface area contributed by atoms with Crippen LogP contribution in [0.5, 0.6) is 0 Å². The molecule has 2 aliphatic rings. The van der Waals surface area contributed by atoms with Crippen LogP contribution in [0.2, 0.25) is 0 Å². The second kappa shape index (κ2) is 5.08. The van der Waals surface area contributed by atoms with Gasteiger partial charge in [-0.15, -0.1) is 0 Å². The second-order valence-corrected chi connectivity index (χ2v) is 4.69. The van der Waals surface area contributed by atoms with Gasteiger partial charge in [-0.2, -0.15) is 0 Å². The van der Waals surface area contributed by atoms with Crippen LogP contribution in [-0.2, 0) is 9.53 Å². The third-order valence-electron chi connectivity index (χ3n) is 3.49. The molecule has 2 rings (SSSR count). The average Bonchev–Trinajstić information content (AvgIpc) is 3.05. The maximum Gasteiger partial charge on any atom is 0.149 e. The number of ketones is 1. The molecule has 3 nitrogen and oxygen atoms in total. The lowest BCUT2D eigenvalue weighted by molar-refractivity contribution is -0.126. The molecule has 0 aromatic heterocycles. The zero-order valence-electron chi connectivity index (χ0n) is 9.58. The van der Waals surface area contributed by atoms with E-state index in [4.69, 9.17) is 4.74 Å². The first-order chi connectivity index (χ1) is 7.33. The summed E-state index contributed by atoms with van der Waals surface area (Å²) >= 11 is 0. The number of hydrogen-bond acceptors (Lipinski definition) is 3. The van der Waals surface area contributed by atoms with Gasteiger partial charge < -0.3 is 4.74 Å². The minimum absolute atomic E-state index is 0.210.